The molecule has 0 saturated carbocycles. The van der Waals surface area contributed by atoms with Crippen LogP contribution in [0.4, 0.5) is 18.9 Å². The van der Waals surface area contributed by atoms with Gasteiger partial charge >= 0.3 is 17.8 Å². The summed E-state index contributed by atoms with van der Waals surface area (Å²) in [5, 5.41) is 19.2. The average molecular weight is 358 g/mol. The first-order valence-electron chi connectivity index (χ1n) is 5.00. The summed E-state index contributed by atoms with van der Waals surface area (Å²) in [5.74, 6) is -2.38. The third-order valence-electron chi connectivity index (χ3n) is 2.11. The van der Waals surface area contributed by atoms with E-state index < -0.39 is 41.0 Å². The molecule has 20 heavy (non-hydrogen) atoms. The number of carboxylic acids is 1. The summed E-state index contributed by atoms with van der Waals surface area (Å²) in [4.78, 5) is 20.2. The first-order valence-corrected chi connectivity index (χ1v) is 5.79. The van der Waals surface area contributed by atoms with Crippen molar-refractivity contribution in [2.24, 2.45) is 0 Å². The van der Waals surface area contributed by atoms with Crippen molar-refractivity contribution in [1.82, 2.24) is 0 Å². The second kappa shape index (κ2) is 6.07. The molecule has 0 fully saturated rings. The molecule has 1 unspecified atom stereocenters. The summed E-state index contributed by atoms with van der Waals surface area (Å²) in [6, 6.07) is 3.17. The first-order chi connectivity index (χ1) is 9.11. The Hall–Kier alpha value is -1.84. The van der Waals surface area contributed by atoms with Crippen molar-refractivity contribution in [1.29, 1.82) is 0 Å². The van der Waals surface area contributed by atoms with Gasteiger partial charge in [0, 0.05) is 10.5 Å². The summed E-state index contributed by atoms with van der Waals surface area (Å²) in [6.07, 6.45) is -8.98. The lowest BCUT2D eigenvalue weighted by Gasteiger charge is -2.20. The minimum Gasteiger partial charge on any atom is -0.481 e. The Bertz CT molecular complexity index is 534. The van der Waals surface area contributed by atoms with Crippen LogP contribution in [0.2, 0.25) is 0 Å². The van der Waals surface area contributed by atoms with Gasteiger partial charge in [-0.2, -0.15) is 13.2 Å². The van der Waals surface area contributed by atoms with Crippen LogP contribution < -0.4 is 4.74 Å². The Morgan fingerprint density at radius 2 is 2.10 bits per heavy atom. The summed E-state index contributed by atoms with van der Waals surface area (Å²) in [6.45, 7) is 0. The monoisotopic (exact) mass is 357 g/mol. The number of nitro groups is 1. The maximum atomic E-state index is 12.6. The van der Waals surface area contributed by atoms with E-state index in [2.05, 4.69) is 20.7 Å². The number of carboxylic acid groups (broad SMARTS) is 1. The number of aliphatic carboxylic acids is 1. The van der Waals surface area contributed by atoms with Gasteiger partial charge in [-0.1, -0.05) is 15.9 Å². The van der Waals surface area contributed by atoms with E-state index in [0.29, 0.717) is 0 Å². The number of carbonyl (C=O) groups is 1. The van der Waals surface area contributed by atoms with E-state index in [4.69, 9.17) is 5.11 Å². The van der Waals surface area contributed by atoms with Crippen LogP contribution in [0.3, 0.4) is 0 Å². The Kier molecular flexibility index (Phi) is 4.93. The molecule has 0 aliphatic heterocycles. The number of alkyl halides is 3. The number of nitro benzene ring substituents is 1. The zero-order valence-electron chi connectivity index (χ0n) is 9.56. The average Bonchev–Trinajstić information content (AvgIpc) is 2.28. The van der Waals surface area contributed by atoms with Gasteiger partial charge in [-0.25, -0.2) is 0 Å². The van der Waals surface area contributed by atoms with Crippen LogP contribution in [0.5, 0.6) is 5.75 Å². The second-order valence-electron chi connectivity index (χ2n) is 3.62. The summed E-state index contributed by atoms with van der Waals surface area (Å²) in [7, 11) is 0. The van der Waals surface area contributed by atoms with Crippen LogP contribution in [-0.4, -0.2) is 28.3 Å². The largest absolute Gasteiger partial charge is 0.481 e. The van der Waals surface area contributed by atoms with Crippen molar-refractivity contribution < 1.29 is 32.7 Å². The van der Waals surface area contributed by atoms with Crippen LogP contribution in [-0.2, 0) is 4.79 Å². The molecule has 0 saturated heterocycles. The van der Waals surface area contributed by atoms with E-state index in [0.717, 1.165) is 12.1 Å². The third-order valence-corrected chi connectivity index (χ3v) is 2.61. The highest BCUT2D eigenvalue weighted by molar-refractivity contribution is 9.10. The Morgan fingerprint density at radius 1 is 1.50 bits per heavy atom. The third kappa shape index (κ3) is 4.37. The fourth-order valence-corrected chi connectivity index (χ4v) is 1.62. The highest BCUT2D eigenvalue weighted by atomic mass is 79.9. The fraction of sp³-hybridized carbons (Fsp3) is 0.300. The van der Waals surface area contributed by atoms with Gasteiger partial charge in [0.05, 0.1) is 11.3 Å². The van der Waals surface area contributed by atoms with Crippen molar-refractivity contribution in [3.63, 3.8) is 0 Å². The van der Waals surface area contributed by atoms with E-state index in [-0.39, 0.29) is 4.47 Å². The predicted molar refractivity (Wildman–Crippen MR) is 63.5 cm³/mol. The zero-order chi connectivity index (χ0) is 15.5. The standard InChI is InChI=1S/C10H7BrF3NO5/c11-5-1-2-7(6(3-5)15(18)19)20-8(4-9(16)17)10(12,13)14/h1-3,8H,4H2,(H,16,17). The molecule has 1 N–H and O–H groups in total. The Balaban J connectivity index is 3.11. The summed E-state index contributed by atoms with van der Waals surface area (Å²) in [5.41, 5.74) is -0.695. The SMILES string of the molecule is O=C(O)CC(Oc1ccc(Br)cc1[N+](=O)[O-])C(F)(F)F. The lowest BCUT2D eigenvalue weighted by Crippen LogP contribution is -2.36. The zero-order valence-corrected chi connectivity index (χ0v) is 11.1. The molecule has 0 heterocycles. The Labute approximate surface area is 118 Å². The molecule has 0 aromatic heterocycles. The number of rotatable bonds is 5. The van der Waals surface area contributed by atoms with Crippen LogP contribution in [0.25, 0.3) is 0 Å². The maximum absolute atomic E-state index is 12.6. The highest BCUT2D eigenvalue weighted by Crippen LogP contribution is 2.34. The smallest absolute Gasteiger partial charge is 0.426 e. The Morgan fingerprint density at radius 3 is 2.55 bits per heavy atom. The number of nitrogens with zero attached hydrogens (tertiary/aromatic N) is 1. The van der Waals surface area contributed by atoms with Crippen molar-refractivity contribution in [2.75, 3.05) is 0 Å². The summed E-state index contributed by atoms with van der Waals surface area (Å²) < 4.78 is 42.6. The molecule has 110 valence electrons. The van der Waals surface area contributed by atoms with Crippen molar-refractivity contribution in [2.45, 2.75) is 18.7 Å². The second-order valence-corrected chi connectivity index (χ2v) is 4.53. The van der Waals surface area contributed by atoms with Gasteiger partial charge in [-0.3, -0.25) is 14.9 Å². The molecule has 1 aromatic rings. The first kappa shape index (κ1) is 16.2. The maximum Gasteiger partial charge on any atom is 0.426 e. The molecule has 0 amide bonds. The molecule has 0 aliphatic rings. The van der Waals surface area contributed by atoms with Crippen LogP contribution in [0.1, 0.15) is 6.42 Å². The van der Waals surface area contributed by atoms with E-state index in [1.807, 2.05) is 0 Å². The van der Waals surface area contributed by atoms with Gasteiger partial charge in [0.15, 0.2) is 5.75 Å². The molecule has 10 heteroatoms. The fourth-order valence-electron chi connectivity index (χ4n) is 1.27. The van der Waals surface area contributed by atoms with Crippen LogP contribution >= 0.6 is 15.9 Å². The van der Waals surface area contributed by atoms with Gasteiger partial charge in [0.2, 0.25) is 6.10 Å². The lowest BCUT2D eigenvalue weighted by molar-refractivity contribution is -0.386. The normalized spacial score (nSPS) is 12.8. The van der Waals surface area contributed by atoms with Gasteiger partial charge in [-0.15, -0.1) is 0 Å². The number of benzene rings is 1. The molecule has 1 aromatic carbocycles. The lowest BCUT2D eigenvalue weighted by atomic mass is 10.2. The molecule has 6 nitrogen and oxygen atoms in total. The topological polar surface area (TPSA) is 89.7 Å². The number of hydrogen-bond acceptors (Lipinski definition) is 4. The van der Waals surface area contributed by atoms with Crippen LogP contribution in [0.15, 0.2) is 22.7 Å². The molecule has 0 radical (unpaired) electrons. The van der Waals surface area contributed by atoms with Gasteiger partial charge < -0.3 is 9.84 Å². The molecular formula is C10H7BrF3NO5. The van der Waals surface area contributed by atoms with E-state index >= 15 is 0 Å². The quantitative estimate of drug-likeness (QED) is 0.645. The molecule has 0 bridgehead atoms. The minimum absolute atomic E-state index is 0.276. The number of halogens is 4. The minimum atomic E-state index is -4.96. The van der Waals surface area contributed by atoms with E-state index in [1.54, 1.807) is 0 Å². The van der Waals surface area contributed by atoms with Gasteiger partial charge in [0.1, 0.15) is 0 Å². The van der Waals surface area contributed by atoms with Gasteiger partial charge in [0.25, 0.3) is 0 Å². The van der Waals surface area contributed by atoms with Crippen LogP contribution in [0, 0.1) is 10.1 Å². The van der Waals surface area contributed by atoms with E-state index in [1.165, 1.54) is 6.07 Å². The molecule has 1 rings (SSSR count). The predicted octanol–water partition coefficient (Wildman–Crippen LogP) is 3.14. The molecule has 0 spiro atoms. The summed E-state index contributed by atoms with van der Waals surface area (Å²) >= 11 is 2.93. The highest BCUT2D eigenvalue weighted by Gasteiger charge is 2.44. The molecule has 1 atom stereocenters. The molecule has 0 aliphatic carbocycles. The van der Waals surface area contributed by atoms with Gasteiger partial charge in [-0.05, 0) is 12.1 Å². The van der Waals surface area contributed by atoms with Crippen molar-refractivity contribution >= 4 is 27.6 Å². The number of ether oxygens (including phenoxy) is 1. The molecular weight excluding hydrogens is 351 g/mol. The van der Waals surface area contributed by atoms with E-state index in [9.17, 15) is 28.1 Å². The number of hydrogen-bond donors (Lipinski definition) is 1. The van der Waals surface area contributed by atoms with Crippen molar-refractivity contribution in [3.05, 3.63) is 32.8 Å². The van der Waals surface area contributed by atoms with Crippen molar-refractivity contribution in [3.8, 4) is 5.75 Å².